The number of hydrogen-bond donors (Lipinski definition) is 0. The van der Waals surface area contributed by atoms with Gasteiger partial charge in [0, 0.05) is 12.2 Å². The van der Waals surface area contributed by atoms with Crippen LogP contribution < -0.4 is 0 Å². The molecule has 0 heterocycles. The Hall–Kier alpha value is -1.58. The number of fused-ring (bicyclic) bond motifs is 1. The molecule has 0 aliphatic heterocycles. The zero-order valence-electron chi connectivity index (χ0n) is 11.9. The van der Waals surface area contributed by atoms with Crippen molar-refractivity contribution in [1.82, 2.24) is 0 Å². The van der Waals surface area contributed by atoms with Gasteiger partial charge in [-0.1, -0.05) is 13.2 Å². The molecule has 20 heavy (non-hydrogen) atoms. The van der Waals surface area contributed by atoms with Crippen LogP contribution in [0.2, 0.25) is 0 Å². The van der Waals surface area contributed by atoms with Crippen molar-refractivity contribution < 1.29 is 19.1 Å². The number of ether oxygens (including phenoxy) is 2. The van der Waals surface area contributed by atoms with Crippen LogP contribution in [0.3, 0.4) is 0 Å². The van der Waals surface area contributed by atoms with E-state index in [0.717, 1.165) is 51.4 Å². The first kappa shape index (κ1) is 14.8. The van der Waals surface area contributed by atoms with Crippen LogP contribution in [0.25, 0.3) is 0 Å². The molecular weight excluding hydrogens is 256 g/mol. The van der Waals surface area contributed by atoms with Crippen molar-refractivity contribution in [3.63, 3.8) is 0 Å². The molecule has 0 aromatic rings. The molecule has 2 fully saturated rings. The third-order valence-corrected chi connectivity index (χ3v) is 4.58. The standard InChI is InChI=1S/C16H22O4/c1-3-13(17)19-15-9-5-7-11-16(15,12-8-6-10-15)20-14(18)4-2/h3-4H,1-2,5-12H2/t15-,16+. The highest BCUT2D eigenvalue weighted by Crippen LogP contribution is 2.51. The third-order valence-electron chi connectivity index (χ3n) is 4.58. The predicted molar refractivity (Wildman–Crippen MR) is 75.0 cm³/mol. The van der Waals surface area contributed by atoms with E-state index < -0.39 is 23.1 Å². The molecule has 0 aromatic heterocycles. The van der Waals surface area contributed by atoms with Gasteiger partial charge in [-0.2, -0.15) is 0 Å². The van der Waals surface area contributed by atoms with Crippen molar-refractivity contribution in [2.24, 2.45) is 0 Å². The Morgan fingerprint density at radius 2 is 1.05 bits per heavy atom. The molecule has 110 valence electrons. The highest BCUT2D eigenvalue weighted by atomic mass is 16.6. The Kier molecular flexibility index (Phi) is 4.31. The third kappa shape index (κ3) is 2.51. The molecule has 0 radical (unpaired) electrons. The summed E-state index contributed by atoms with van der Waals surface area (Å²) in [7, 11) is 0. The fourth-order valence-corrected chi connectivity index (χ4v) is 3.66. The molecule has 0 saturated heterocycles. The smallest absolute Gasteiger partial charge is 0.330 e. The fraction of sp³-hybridized carbons (Fsp3) is 0.625. The largest absolute Gasteiger partial charge is 0.452 e. The zero-order chi connectivity index (χ0) is 14.6. The minimum atomic E-state index is -0.687. The maximum Gasteiger partial charge on any atom is 0.330 e. The Morgan fingerprint density at radius 1 is 0.750 bits per heavy atom. The van der Waals surface area contributed by atoms with Crippen LogP contribution in [0.15, 0.2) is 25.3 Å². The van der Waals surface area contributed by atoms with Gasteiger partial charge in [0.2, 0.25) is 0 Å². The molecule has 0 spiro atoms. The van der Waals surface area contributed by atoms with Crippen molar-refractivity contribution >= 4 is 11.9 Å². The van der Waals surface area contributed by atoms with E-state index in [1.165, 1.54) is 12.2 Å². The first-order chi connectivity index (χ1) is 9.57. The molecule has 0 unspecified atom stereocenters. The van der Waals surface area contributed by atoms with Crippen LogP contribution in [-0.4, -0.2) is 23.1 Å². The monoisotopic (exact) mass is 278 g/mol. The lowest BCUT2D eigenvalue weighted by molar-refractivity contribution is -0.232. The molecule has 0 atom stereocenters. The number of carbonyl (C=O) groups is 2. The summed E-state index contributed by atoms with van der Waals surface area (Å²) < 4.78 is 11.4. The topological polar surface area (TPSA) is 52.6 Å². The highest BCUT2D eigenvalue weighted by molar-refractivity contribution is 5.83. The van der Waals surface area contributed by atoms with E-state index in [1.807, 2.05) is 0 Å². The first-order valence-corrected chi connectivity index (χ1v) is 7.28. The van der Waals surface area contributed by atoms with E-state index in [2.05, 4.69) is 13.2 Å². The Bertz CT molecular complexity index is 372. The molecule has 2 aliphatic rings. The average Bonchev–Trinajstić information content (AvgIpc) is 2.47. The van der Waals surface area contributed by atoms with Crippen molar-refractivity contribution in [2.45, 2.75) is 62.6 Å². The van der Waals surface area contributed by atoms with Crippen LogP contribution in [0.5, 0.6) is 0 Å². The second kappa shape index (κ2) is 5.81. The predicted octanol–water partition coefficient (Wildman–Crippen LogP) is 3.07. The van der Waals surface area contributed by atoms with Gasteiger partial charge in [0.25, 0.3) is 0 Å². The van der Waals surface area contributed by atoms with Gasteiger partial charge in [-0.05, 0) is 51.4 Å². The summed E-state index contributed by atoms with van der Waals surface area (Å²) in [5, 5.41) is 0. The molecular formula is C16H22O4. The lowest BCUT2D eigenvalue weighted by atomic mass is 9.63. The van der Waals surface area contributed by atoms with Crippen molar-refractivity contribution in [1.29, 1.82) is 0 Å². The van der Waals surface area contributed by atoms with Crippen LogP contribution in [0.4, 0.5) is 0 Å². The van der Waals surface area contributed by atoms with E-state index in [0.29, 0.717) is 0 Å². The number of hydrogen-bond acceptors (Lipinski definition) is 4. The Labute approximate surface area is 119 Å². The van der Waals surface area contributed by atoms with Gasteiger partial charge in [0.05, 0.1) is 0 Å². The normalized spacial score (nSPS) is 32.6. The fourth-order valence-electron chi connectivity index (χ4n) is 3.66. The van der Waals surface area contributed by atoms with Gasteiger partial charge in [-0.15, -0.1) is 0 Å². The van der Waals surface area contributed by atoms with E-state index in [1.54, 1.807) is 0 Å². The van der Waals surface area contributed by atoms with Gasteiger partial charge >= 0.3 is 11.9 Å². The van der Waals surface area contributed by atoms with E-state index in [4.69, 9.17) is 9.47 Å². The molecule has 0 N–H and O–H groups in total. The Balaban J connectivity index is 2.33. The molecule has 4 nitrogen and oxygen atoms in total. The zero-order valence-corrected chi connectivity index (χ0v) is 11.9. The second-order valence-electron chi connectivity index (χ2n) is 5.65. The number of carbonyl (C=O) groups excluding carboxylic acids is 2. The summed E-state index contributed by atoms with van der Waals surface area (Å²) in [5.74, 6) is -0.874. The summed E-state index contributed by atoms with van der Waals surface area (Å²) in [6.07, 6.45) is 9.28. The minimum absolute atomic E-state index is 0.437. The quantitative estimate of drug-likeness (QED) is 0.586. The van der Waals surface area contributed by atoms with Gasteiger partial charge in [-0.3, -0.25) is 0 Å². The van der Waals surface area contributed by atoms with Gasteiger partial charge in [0.1, 0.15) is 0 Å². The molecule has 0 aromatic carbocycles. The molecule has 0 bridgehead atoms. The lowest BCUT2D eigenvalue weighted by Gasteiger charge is -2.54. The van der Waals surface area contributed by atoms with E-state index in [-0.39, 0.29) is 0 Å². The number of rotatable bonds is 4. The van der Waals surface area contributed by atoms with Crippen molar-refractivity contribution in [2.75, 3.05) is 0 Å². The maximum atomic E-state index is 11.7. The van der Waals surface area contributed by atoms with Gasteiger partial charge < -0.3 is 9.47 Å². The van der Waals surface area contributed by atoms with Crippen LogP contribution in [-0.2, 0) is 19.1 Å². The summed E-state index contributed by atoms with van der Waals surface area (Å²) in [6, 6.07) is 0. The van der Waals surface area contributed by atoms with E-state index in [9.17, 15) is 9.59 Å². The summed E-state index contributed by atoms with van der Waals surface area (Å²) in [4.78, 5) is 23.5. The highest BCUT2D eigenvalue weighted by Gasteiger charge is 2.59. The van der Waals surface area contributed by atoms with Crippen LogP contribution in [0, 0.1) is 0 Å². The van der Waals surface area contributed by atoms with Gasteiger partial charge in [0.15, 0.2) is 11.2 Å². The van der Waals surface area contributed by atoms with Crippen molar-refractivity contribution in [3.8, 4) is 0 Å². The maximum absolute atomic E-state index is 11.7. The lowest BCUT2D eigenvalue weighted by Crippen LogP contribution is -2.62. The summed E-state index contributed by atoms with van der Waals surface area (Å²) >= 11 is 0. The SMILES string of the molecule is C=CC(=O)O[C@]12CCCC[C@@]1(OC(=O)C=C)CCCC2. The molecule has 2 saturated carbocycles. The van der Waals surface area contributed by atoms with Crippen molar-refractivity contribution in [3.05, 3.63) is 25.3 Å². The number of esters is 2. The molecule has 2 rings (SSSR count). The first-order valence-electron chi connectivity index (χ1n) is 7.28. The Morgan fingerprint density at radius 3 is 1.30 bits per heavy atom. The van der Waals surface area contributed by atoms with Crippen LogP contribution in [0.1, 0.15) is 51.4 Å². The summed E-state index contributed by atoms with van der Waals surface area (Å²) in [5.41, 5.74) is -1.37. The van der Waals surface area contributed by atoms with E-state index >= 15 is 0 Å². The second-order valence-corrected chi connectivity index (χ2v) is 5.65. The molecule has 0 amide bonds. The van der Waals surface area contributed by atoms with Crippen LogP contribution >= 0.6 is 0 Å². The van der Waals surface area contributed by atoms with Gasteiger partial charge in [-0.25, -0.2) is 9.59 Å². The average molecular weight is 278 g/mol. The minimum Gasteiger partial charge on any atom is -0.452 e. The molecule has 4 heteroatoms. The molecule has 2 aliphatic carbocycles. The summed E-state index contributed by atoms with van der Waals surface area (Å²) in [6.45, 7) is 6.92.